The van der Waals surface area contributed by atoms with E-state index in [1.165, 1.54) is 0 Å². The summed E-state index contributed by atoms with van der Waals surface area (Å²) in [5, 5.41) is 2.85. The fourth-order valence-corrected chi connectivity index (χ4v) is 1.87. The lowest BCUT2D eigenvalue weighted by Crippen LogP contribution is -2.33. The van der Waals surface area contributed by atoms with E-state index in [9.17, 15) is 4.79 Å². The quantitative estimate of drug-likeness (QED) is 0.840. The van der Waals surface area contributed by atoms with Crippen molar-refractivity contribution >= 4 is 5.91 Å². The van der Waals surface area contributed by atoms with E-state index in [4.69, 9.17) is 9.47 Å². The van der Waals surface area contributed by atoms with E-state index in [1.54, 1.807) is 33.2 Å². The summed E-state index contributed by atoms with van der Waals surface area (Å²) in [5.41, 5.74) is 1.93. The largest absolute Gasteiger partial charge is 0.496 e. The van der Waals surface area contributed by atoms with Gasteiger partial charge in [0.15, 0.2) is 0 Å². The zero-order chi connectivity index (χ0) is 14.4. The van der Waals surface area contributed by atoms with Gasteiger partial charge in [0, 0.05) is 19.2 Å². The summed E-state index contributed by atoms with van der Waals surface area (Å²) in [7, 11) is 6.78. The van der Waals surface area contributed by atoms with Gasteiger partial charge in [0.05, 0.1) is 20.8 Å². The molecule has 0 saturated carbocycles. The third-order valence-electron chi connectivity index (χ3n) is 2.96. The molecule has 1 aromatic carbocycles. The van der Waals surface area contributed by atoms with Gasteiger partial charge >= 0.3 is 0 Å². The molecule has 0 bridgehead atoms. The van der Waals surface area contributed by atoms with Gasteiger partial charge < -0.3 is 19.7 Å². The molecule has 0 atom stereocenters. The molecule has 0 aliphatic rings. The molecule has 0 aliphatic carbocycles. The van der Waals surface area contributed by atoms with Gasteiger partial charge in [0.2, 0.25) is 5.91 Å². The number of hydrogen-bond donors (Lipinski definition) is 1. The average molecular weight is 266 g/mol. The minimum atomic E-state index is 0.0316. The first kappa shape index (κ1) is 15.3. The minimum absolute atomic E-state index is 0.0316. The van der Waals surface area contributed by atoms with Crippen LogP contribution in [0.4, 0.5) is 0 Å². The number of ether oxygens (including phenoxy) is 2. The van der Waals surface area contributed by atoms with Crippen LogP contribution in [0.1, 0.15) is 11.1 Å². The molecule has 0 radical (unpaired) electrons. The molecule has 0 aliphatic heterocycles. The lowest BCUT2D eigenvalue weighted by atomic mass is 10.1. The summed E-state index contributed by atoms with van der Waals surface area (Å²) in [6.07, 6.45) is 0. The van der Waals surface area contributed by atoms with Crippen LogP contribution in [0.2, 0.25) is 0 Å². The molecule has 0 aromatic heterocycles. The predicted octanol–water partition coefficient (Wildman–Crippen LogP) is 1.19. The molecular formula is C14H22N2O3. The fraction of sp³-hybridized carbons (Fsp3) is 0.500. The van der Waals surface area contributed by atoms with Crippen LogP contribution < -0.4 is 14.8 Å². The van der Waals surface area contributed by atoms with Crippen LogP contribution in [-0.4, -0.2) is 45.7 Å². The highest BCUT2D eigenvalue weighted by Gasteiger charge is 2.13. The van der Waals surface area contributed by atoms with E-state index in [-0.39, 0.29) is 5.91 Å². The summed E-state index contributed by atoms with van der Waals surface area (Å²) in [6, 6.07) is 3.84. The Bertz CT molecular complexity index is 447. The standard InChI is InChI=1S/C14H22N2O3/c1-10-6-13(19-5)11(7-12(10)18-4)9-16(3)14(17)8-15-2/h6-7,15H,8-9H2,1-5H3. The third-order valence-corrected chi connectivity index (χ3v) is 2.96. The van der Waals surface area contributed by atoms with Crippen molar-refractivity contribution < 1.29 is 14.3 Å². The van der Waals surface area contributed by atoms with Crippen LogP contribution >= 0.6 is 0 Å². The second kappa shape index (κ2) is 6.99. The van der Waals surface area contributed by atoms with Gasteiger partial charge in [-0.05, 0) is 31.7 Å². The number of carbonyl (C=O) groups excluding carboxylic acids is 1. The Morgan fingerprint density at radius 1 is 1.26 bits per heavy atom. The number of aryl methyl sites for hydroxylation is 1. The average Bonchev–Trinajstić information content (AvgIpc) is 2.40. The topological polar surface area (TPSA) is 50.8 Å². The zero-order valence-electron chi connectivity index (χ0n) is 12.2. The van der Waals surface area contributed by atoms with Gasteiger partial charge in [0.1, 0.15) is 11.5 Å². The number of likely N-dealkylation sites (N-methyl/N-ethyl adjacent to an activating group) is 2. The van der Waals surface area contributed by atoms with E-state index < -0.39 is 0 Å². The number of hydrogen-bond acceptors (Lipinski definition) is 4. The predicted molar refractivity (Wildman–Crippen MR) is 74.7 cm³/mol. The van der Waals surface area contributed by atoms with Crippen molar-refractivity contribution in [3.05, 3.63) is 23.3 Å². The highest BCUT2D eigenvalue weighted by Crippen LogP contribution is 2.28. The van der Waals surface area contributed by atoms with Crippen molar-refractivity contribution in [2.24, 2.45) is 0 Å². The molecule has 1 N–H and O–H groups in total. The first-order valence-corrected chi connectivity index (χ1v) is 6.13. The summed E-state index contributed by atoms with van der Waals surface area (Å²) >= 11 is 0. The monoisotopic (exact) mass is 266 g/mol. The number of nitrogens with one attached hydrogen (secondary N) is 1. The second-order valence-corrected chi connectivity index (χ2v) is 4.41. The SMILES string of the molecule is CNCC(=O)N(C)Cc1cc(OC)c(C)cc1OC. The third kappa shape index (κ3) is 3.86. The molecule has 1 rings (SSSR count). The lowest BCUT2D eigenvalue weighted by Gasteiger charge is -2.20. The molecule has 1 aromatic rings. The Labute approximate surface area is 114 Å². The van der Waals surface area contributed by atoms with Crippen LogP contribution in [0.15, 0.2) is 12.1 Å². The number of nitrogens with zero attached hydrogens (tertiary/aromatic N) is 1. The molecule has 0 unspecified atom stereocenters. The highest BCUT2D eigenvalue weighted by molar-refractivity contribution is 5.78. The number of rotatable bonds is 6. The Morgan fingerprint density at radius 2 is 1.89 bits per heavy atom. The Kier molecular flexibility index (Phi) is 5.63. The van der Waals surface area contributed by atoms with Crippen molar-refractivity contribution in [3.8, 4) is 11.5 Å². The molecule has 1 amide bonds. The molecule has 106 valence electrons. The Hall–Kier alpha value is -1.75. The Balaban J connectivity index is 2.95. The number of amides is 1. The van der Waals surface area contributed by atoms with Gasteiger partial charge in [0.25, 0.3) is 0 Å². The van der Waals surface area contributed by atoms with Crippen LogP contribution in [0.3, 0.4) is 0 Å². The summed E-state index contributed by atoms with van der Waals surface area (Å²) in [5.74, 6) is 1.59. The molecule has 0 spiro atoms. The van der Waals surface area contributed by atoms with Crippen molar-refractivity contribution in [2.45, 2.75) is 13.5 Å². The van der Waals surface area contributed by atoms with E-state index in [0.717, 1.165) is 22.6 Å². The first-order valence-electron chi connectivity index (χ1n) is 6.13. The molecule has 0 heterocycles. The van der Waals surface area contributed by atoms with Gasteiger partial charge in [-0.3, -0.25) is 4.79 Å². The summed E-state index contributed by atoms with van der Waals surface area (Å²) in [4.78, 5) is 13.4. The van der Waals surface area contributed by atoms with Crippen molar-refractivity contribution in [1.29, 1.82) is 0 Å². The summed E-state index contributed by atoms with van der Waals surface area (Å²) < 4.78 is 10.7. The molecule has 0 fully saturated rings. The van der Waals surface area contributed by atoms with Crippen LogP contribution in [-0.2, 0) is 11.3 Å². The number of methoxy groups -OCH3 is 2. The number of carbonyl (C=O) groups is 1. The van der Waals surface area contributed by atoms with E-state index in [1.807, 2.05) is 19.1 Å². The van der Waals surface area contributed by atoms with Gasteiger partial charge in [-0.2, -0.15) is 0 Å². The van der Waals surface area contributed by atoms with Crippen LogP contribution in [0.5, 0.6) is 11.5 Å². The molecule has 5 nitrogen and oxygen atoms in total. The van der Waals surface area contributed by atoms with E-state index in [0.29, 0.717) is 13.1 Å². The second-order valence-electron chi connectivity index (χ2n) is 4.41. The summed E-state index contributed by atoms with van der Waals surface area (Å²) in [6.45, 7) is 2.77. The maximum atomic E-state index is 11.8. The molecule has 5 heteroatoms. The first-order chi connectivity index (χ1) is 9.03. The van der Waals surface area contributed by atoms with E-state index in [2.05, 4.69) is 5.32 Å². The number of benzene rings is 1. The maximum absolute atomic E-state index is 11.8. The van der Waals surface area contributed by atoms with Gasteiger partial charge in [-0.15, -0.1) is 0 Å². The molecule has 0 saturated heterocycles. The highest BCUT2D eigenvalue weighted by atomic mass is 16.5. The van der Waals surface area contributed by atoms with Gasteiger partial charge in [-0.1, -0.05) is 0 Å². The fourth-order valence-electron chi connectivity index (χ4n) is 1.87. The van der Waals surface area contributed by atoms with Crippen molar-refractivity contribution in [1.82, 2.24) is 10.2 Å². The van der Waals surface area contributed by atoms with Crippen LogP contribution in [0.25, 0.3) is 0 Å². The molecular weight excluding hydrogens is 244 g/mol. The smallest absolute Gasteiger partial charge is 0.236 e. The Morgan fingerprint density at radius 3 is 2.42 bits per heavy atom. The van der Waals surface area contributed by atoms with Crippen LogP contribution in [0, 0.1) is 6.92 Å². The van der Waals surface area contributed by atoms with Crippen molar-refractivity contribution in [3.63, 3.8) is 0 Å². The minimum Gasteiger partial charge on any atom is -0.496 e. The normalized spacial score (nSPS) is 10.2. The zero-order valence-corrected chi connectivity index (χ0v) is 12.2. The maximum Gasteiger partial charge on any atom is 0.236 e. The van der Waals surface area contributed by atoms with Crippen molar-refractivity contribution in [2.75, 3.05) is 34.9 Å². The molecule has 19 heavy (non-hydrogen) atoms. The lowest BCUT2D eigenvalue weighted by molar-refractivity contribution is -0.129. The van der Waals surface area contributed by atoms with E-state index >= 15 is 0 Å². The van der Waals surface area contributed by atoms with Gasteiger partial charge in [-0.25, -0.2) is 0 Å².